The fraction of sp³-hybridized carbons (Fsp3) is 0.933. The number of nitrogens with zero attached hydrogens (tertiary/aromatic N) is 1. The quantitative estimate of drug-likeness (QED) is 0.772. The first kappa shape index (κ1) is 13.2. The second-order valence-electron chi connectivity index (χ2n) is 6.66. The predicted octanol–water partition coefficient (Wildman–Crippen LogP) is 2.81. The van der Waals surface area contributed by atoms with Gasteiger partial charge in [-0.2, -0.15) is 0 Å². The molecule has 2 saturated heterocycles. The number of carbonyl (C=O) groups is 1. The Morgan fingerprint density at radius 1 is 1.21 bits per heavy atom. The molecule has 0 spiro atoms. The maximum Gasteiger partial charge on any atom is 0.410 e. The average Bonchev–Trinajstić information content (AvgIpc) is 2.31. The second kappa shape index (κ2) is 5.31. The molecule has 4 heteroatoms. The lowest BCUT2D eigenvalue weighted by molar-refractivity contribution is -0.0922. The highest BCUT2D eigenvalue weighted by atomic mass is 16.6. The zero-order chi connectivity index (χ0) is 13.4. The number of rotatable bonds is 2. The lowest BCUT2D eigenvalue weighted by atomic mass is 9.79. The number of carbonyl (C=O) groups excluding carboxylic acids is 1. The van der Waals surface area contributed by atoms with E-state index in [4.69, 9.17) is 9.47 Å². The van der Waals surface area contributed by atoms with Crippen LogP contribution in [0.4, 0.5) is 4.79 Å². The fourth-order valence-corrected chi connectivity index (χ4v) is 3.49. The third kappa shape index (κ3) is 2.60. The predicted molar refractivity (Wildman–Crippen MR) is 71.9 cm³/mol. The third-order valence-corrected chi connectivity index (χ3v) is 5.03. The highest BCUT2D eigenvalue weighted by Gasteiger charge is 2.43. The van der Waals surface area contributed by atoms with Gasteiger partial charge in [-0.3, -0.25) is 4.90 Å². The molecule has 108 valence electrons. The van der Waals surface area contributed by atoms with E-state index in [2.05, 4.69) is 13.8 Å². The van der Waals surface area contributed by atoms with Gasteiger partial charge in [0.15, 0.2) is 0 Å². The van der Waals surface area contributed by atoms with Gasteiger partial charge in [0.05, 0.1) is 25.3 Å². The summed E-state index contributed by atoms with van der Waals surface area (Å²) in [6.07, 6.45) is 5.49. The summed E-state index contributed by atoms with van der Waals surface area (Å²) >= 11 is 0. The Balaban J connectivity index is 1.65. The zero-order valence-corrected chi connectivity index (χ0v) is 12.0. The van der Waals surface area contributed by atoms with Gasteiger partial charge in [0, 0.05) is 0 Å². The van der Waals surface area contributed by atoms with Crippen molar-refractivity contribution in [2.75, 3.05) is 13.2 Å². The lowest BCUT2D eigenvalue weighted by Gasteiger charge is -2.49. The maximum absolute atomic E-state index is 12.3. The summed E-state index contributed by atoms with van der Waals surface area (Å²) < 4.78 is 11.2. The van der Waals surface area contributed by atoms with Crippen molar-refractivity contribution in [1.29, 1.82) is 0 Å². The third-order valence-electron chi connectivity index (χ3n) is 5.03. The Labute approximate surface area is 115 Å². The number of amides is 1. The summed E-state index contributed by atoms with van der Waals surface area (Å²) in [6.45, 7) is 5.92. The minimum atomic E-state index is -0.0924. The number of ether oxygens (including phenoxy) is 2. The van der Waals surface area contributed by atoms with Crippen LogP contribution >= 0.6 is 0 Å². The van der Waals surface area contributed by atoms with Crippen LogP contribution in [0.15, 0.2) is 0 Å². The number of morpholine rings is 1. The van der Waals surface area contributed by atoms with Gasteiger partial charge in [-0.05, 0) is 43.9 Å². The molecule has 2 bridgehead atoms. The number of fused-ring (bicyclic) bond motifs is 2. The smallest absolute Gasteiger partial charge is 0.410 e. The Morgan fingerprint density at radius 2 is 1.84 bits per heavy atom. The van der Waals surface area contributed by atoms with Crippen LogP contribution in [0.2, 0.25) is 0 Å². The number of hydrogen-bond acceptors (Lipinski definition) is 3. The number of hydrogen-bond donors (Lipinski definition) is 0. The van der Waals surface area contributed by atoms with Crippen molar-refractivity contribution >= 4 is 6.09 Å². The second-order valence-corrected chi connectivity index (χ2v) is 6.66. The van der Waals surface area contributed by atoms with E-state index >= 15 is 0 Å². The van der Waals surface area contributed by atoms with E-state index in [0.717, 1.165) is 25.7 Å². The first-order valence-electron chi connectivity index (χ1n) is 7.72. The van der Waals surface area contributed by atoms with Crippen molar-refractivity contribution in [3.63, 3.8) is 0 Å². The van der Waals surface area contributed by atoms with E-state index in [1.54, 1.807) is 0 Å². The molecular formula is C15H25NO3. The molecule has 0 radical (unpaired) electrons. The van der Waals surface area contributed by atoms with Crippen molar-refractivity contribution < 1.29 is 14.3 Å². The summed E-state index contributed by atoms with van der Waals surface area (Å²) in [7, 11) is 0. The van der Waals surface area contributed by atoms with E-state index in [-0.39, 0.29) is 24.3 Å². The zero-order valence-electron chi connectivity index (χ0n) is 12.0. The lowest BCUT2D eigenvalue weighted by Crippen LogP contribution is -2.60. The highest BCUT2D eigenvalue weighted by molar-refractivity contribution is 5.69. The molecule has 1 amide bonds. The normalized spacial score (nSPS) is 35.1. The minimum absolute atomic E-state index is 0.0924. The van der Waals surface area contributed by atoms with E-state index in [1.807, 2.05) is 4.90 Å². The highest BCUT2D eigenvalue weighted by Crippen LogP contribution is 2.36. The van der Waals surface area contributed by atoms with E-state index in [0.29, 0.717) is 25.0 Å². The van der Waals surface area contributed by atoms with E-state index in [9.17, 15) is 4.79 Å². The van der Waals surface area contributed by atoms with E-state index in [1.165, 1.54) is 6.42 Å². The standard InChI is InChI=1S/C15H25NO3/c1-10(2)11-6-12-8-18-9-13(7-11)16(12)15(17)19-14-4-3-5-14/h10-14H,3-9H2,1-2H3. The largest absolute Gasteiger partial charge is 0.446 e. The summed E-state index contributed by atoms with van der Waals surface area (Å²) in [5.74, 6) is 1.40. The van der Waals surface area contributed by atoms with Gasteiger partial charge in [0.2, 0.25) is 0 Å². The van der Waals surface area contributed by atoms with Gasteiger partial charge in [-0.1, -0.05) is 13.8 Å². The average molecular weight is 267 g/mol. The molecular weight excluding hydrogens is 242 g/mol. The van der Waals surface area contributed by atoms with E-state index < -0.39 is 0 Å². The molecule has 0 aromatic carbocycles. The molecule has 19 heavy (non-hydrogen) atoms. The Morgan fingerprint density at radius 3 is 2.32 bits per heavy atom. The molecule has 1 aliphatic carbocycles. The van der Waals surface area contributed by atoms with Gasteiger partial charge in [0.25, 0.3) is 0 Å². The summed E-state index contributed by atoms with van der Waals surface area (Å²) in [4.78, 5) is 14.3. The molecule has 3 aliphatic rings. The van der Waals surface area contributed by atoms with Crippen molar-refractivity contribution in [1.82, 2.24) is 4.90 Å². The summed E-state index contributed by atoms with van der Waals surface area (Å²) in [6, 6.07) is 0.458. The van der Waals surface area contributed by atoms with Crippen LogP contribution in [0.1, 0.15) is 46.0 Å². The summed E-state index contributed by atoms with van der Waals surface area (Å²) in [5, 5.41) is 0. The van der Waals surface area contributed by atoms with Crippen LogP contribution in [0.25, 0.3) is 0 Å². The van der Waals surface area contributed by atoms with Gasteiger partial charge in [-0.25, -0.2) is 4.79 Å². The van der Waals surface area contributed by atoms with Gasteiger partial charge in [0.1, 0.15) is 6.10 Å². The van der Waals surface area contributed by atoms with Crippen molar-refractivity contribution in [3.05, 3.63) is 0 Å². The first-order valence-corrected chi connectivity index (χ1v) is 7.72. The van der Waals surface area contributed by atoms with Crippen LogP contribution < -0.4 is 0 Å². The molecule has 0 aromatic heterocycles. The molecule has 4 nitrogen and oxygen atoms in total. The molecule has 2 unspecified atom stereocenters. The SMILES string of the molecule is CC(C)C1CC2COCC(C1)N2C(=O)OC1CCC1. The Kier molecular flexibility index (Phi) is 3.70. The topological polar surface area (TPSA) is 38.8 Å². The molecule has 2 heterocycles. The molecule has 2 atom stereocenters. The maximum atomic E-state index is 12.3. The van der Waals surface area contributed by atoms with Crippen LogP contribution in [0.5, 0.6) is 0 Å². The Bertz CT molecular complexity index is 326. The molecule has 0 aromatic rings. The first-order chi connectivity index (χ1) is 9.15. The number of piperidine rings is 1. The molecule has 3 fully saturated rings. The van der Waals surface area contributed by atoms with Crippen LogP contribution in [0, 0.1) is 11.8 Å². The Hall–Kier alpha value is -0.770. The summed E-state index contributed by atoms with van der Waals surface area (Å²) in [5.41, 5.74) is 0. The molecule has 3 rings (SSSR count). The molecule has 0 N–H and O–H groups in total. The van der Waals surface area contributed by atoms with Gasteiger partial charge in [-0.15, -0.1) is 0 Å². The van der Waals surface area contributed by atoms with Crippen molar-refractivity contribution in [2.24, 2.45) is 11.8 Å². The van der Waals surface area contributed by atoms with Crippen LogP contribution in [0.3, 0.4) is 0 Å². The molecule has 1 saturated carbocycles. The van der Waals surface area contributed by atoms with Gasteiger partial charge >= 0.3 is 6.09 Å². The minimum Gasteiger partial charge on any atom is -0.446 e. The van der Waals surface area contributed by atoms with Crippen LogP contribution in [-0.4, -0.2) is 42.4 Å². The fourth-order valence-electron chi connectivity index (χ4n) is 3.49. The monoisotopic (exact) mass is 267 g/mol. The van der Waals surface area contributed by atoms with Crippen molar-refractivity contribution in [3.8, 4) is 0 Å². The van der Waals surface area contributed by atoms with Crippen molar-refractivity contribution in [2.45, 2.75) is 64.1 Å². The van der Waals surface area contributed by atoms with Gasteiger partial charge < -0.3 is 9.47 Å². The van der Waals surface area contributed by atoms with Crippen LogP contribution in [-0.2, 0) is 9.47 Å². The molecule has 2 aliphatic heterocycles.